The summed E-state index contributed by atoms with van der Waals surface area (Å²) in [5.41, 5.74) is 2.61. The highest BCUT2D eigenvalue weighted by molar-refractivity contribution is 9.10. The lowest BCUT2D eigenvalue weighted by atomic mass is 9.85. The maximum atomic E-state index is 13.6. The molecule has 164 valence electrons. The van der Waals surface area contributed by atoms with Gasteiger partial charge in [-0.05, 0) is 54.0 Å². The molecular weight excluding hydrogens is 468 g/mol. The van der Waals surface area contributed by atoms with Crippen molar-refractivity contribution in [3.63, 3.8) is 0 Å². The summed E-state index contributed by atoms with van der Waals surface area (Å²) in [6.45, 7) is 2.02. The molecule has 1 aliphatic heterocycles. The SMILES string of the molecule is CCc1cc(Br)ccc1NC(=O)C(Cc1ccccc1)N1C(=O)C2C3C=CC(C3)C2C1=O. The third-order valence-corrected chi connectivity index (χ3v) is 7.59. The molecule has 0 aromatic heterocycles. The number of imide groups is 1. The number of likely N-dealkylation sites (tertiary alicyclic amines) is 1. The number of nitrogens with one attached hydrogen (secondary N) is 1. The van der Waals surface area contributed by atoms with Crippen LogP contribution in [0.4, 0.5) is 5.69 Å². The molecule has 2 bridgehead atoms. The smallest absolute Gasteiger partial charge is 0.248 e. The number of carbonyl (C=O) groups excluding carboxylic acids is 3. The van der Waals surface area contributed by atoms with E-state index in [1.165, 1.54) is 4.90 Å². The predicted octanol–water partition coefficient (Wildman–Crippen LogP) is 4.37. The zero-order chi connectivity index (χ0) is 22.4. The van der Waals surface area contributed by atoms with Gasteiger partial charge in [-0.3, -0.25) is 19.3 Å². The number of carbonyl (C=O) groups is 3. The highest BCUT2D eigenvalue weighted by atomic mass is 79.9. The van der Waals surface area contributed by atoms with Gasteiger partial charge in [-0.1, -0.05) is 65.3 Å². The molecule has 32 heavy (non-hydrogen) atoms. The van der Waals surface area contributed by atoms with Crippen LogP contribution in [0.5, 0.6) is 0 Å². The van der Waals surface area contributed by atoms with Crippen molar-refractivity contribution in [2.75, 3.05) is 5.32 Å². The number of amides is 3. The molecule has 5 atom stereocenters. The number of allylic oxidation sites excluding steroid dienone is 2. The number of benzene rings is 2. The molecule has 5 rings (SSSR count). The molecule has 2 fully saturated rings. The predicted molar refractivity (Wildman–Crippen MR) is 126 cm³/mol. The first kappa shape index (κ1) is 21.1. The van der Waals surface area contributed by atoms with E-state index >= 15 is 0 Å². The molecule has 6 heteroatoms. The van der Waals surface area contributed by atoms with Crippen molar-refractivity contribution in [3.8, 4) is 0 Å². The van der Waals surface area contributed by atoms with Crippen LogP contribution in [0.3, 0.4) is 0 Å². The van der Waals surface area contributed by atoms with Crippen molar-refractivity contribution in [2.24, 2.45) is 23.7 Å². The fourth-order valence-corrected chi connectivity index (χ4v) is 5.97. The average Bonchev–Trinajstić information content (AvgIpc) is 3.48. The normalized spacial score (nSPS) is 26.5. The van der Waals surface area contributed by atoms with Crippen molar-refractivity contribution in [1.29, 1.82) is 0 Å². The quantitative estimate of drug-likeness (QED) is 0.480. The van der Waals surface area contributed by atoms with E-state index in [-0.39, 0.29) is 41.4 Å². The number of anilines is 1. The summed E-state index contributed by atoms with van der Waals surface area (Å²) in [5, 5.41) is 3.01. The minimum atomic E-state index is -0.879. The van der Waals surface area contributed by atoms with Gasteiger partial charge >= 0.3 is 0 Å². The van der Waals surface area contributed by atoms with Gasteiger partial charge in [0.1, 0.15) is 6.04 Å². The Balaban J connectivity index is 1.47. The van der Waals surface area contributed by atoms with E-state index in [0.717, 1.165) is 28.4 Å². The number of hydrogen-bond acceptors (Lipinski definition) is 3. The highest BCUT2D eigenvalue weighted by Crippen LogP contribution is 2.53. The summed E-state index contributed by atoms with van der Waals surface area (Å²) in [6.07, 6.45) is 6.06. The first-order valence-corrected chi connectivity index (χ1v) is 12.0. The van der Waals surface area contributed by atoms with Gasteiger partial charge in [0.2, 0.25) is 17.7 Å². The molecule has 1 saturated carbocycles. The largest absolute Gasteiger partial charge is 0.324 e. The summed E-state index contributed by atoms with van der Waals surface area (Å²) in [4.78, 5) is 41.7. The summed E-state index contributed by atoms with van der Waals surface area (Å²) in [5.74, 6) is -1.12. The van der Waals surface area contributed by atoms with Crippen LogP contribution in [-0.2, 0) is 27.2 Å². The van der Waals surface area contributed by atoms with Crippen molar-refractivity contribution in [3.05, 3.63) is 76.3 Å². The lowest BCUT2D eigenvalue weighted by Gasteiger charge is -2.27. The molecule has 5 nitrogen and oxygen atoms in total. The lowest BCUT2D eigenvalue weighted by Crippen LogP contribution is -2.49. The summed E-state index contributed by atoms with van der Waals surface area (Å²) in [7, 11) is 0. The summed E-state index contributed by atoms with van der Waals surface area (Å²) < 4.78 is 0.939. The highest BCUT2D eigenvalue weighted by Gasteiger charge is 2.61. The topological polar surface area (TPSA) is 66.5 Å². The van der Waals surface area contributed by atoms with Gasteiger partial charge in [0.05, 0.1) is 11.8 Å². The second-order valence-electron chi connectivity index (χ2n) is 8.90. The van der Waals surface area contributed by atoms with Gasteiger partial charge in [-0.25, -0.2) is 0 Å². The number of rotatable bonds is 6. The number of hydrogen-bond donors (Lipinski definition) is 1. The van der Waals surface area contributed by atoms with Crippen LogP contribution in [0, 0.1) is 23.7 Å². The van der Waals surface area contributed by atoms with Crippen molar-refractivity contribution in [1.82, 2.24) is 4.90 Å². The van der Waals surface area contributed by atoms with Gasteiger partial charge in [0, 0.05) is 16.6 Å². The molecule has 1 heterocycles. The van der Waals surface area contributed by atoms with Crippen LogP contribution in [0.1, 0.15) is 24.5 Å². The summed E-state index contributed by atoms with van der Waals surface area (Å²) in [6, 6.07) is 14.4. The molecule has 0 radical (unpaired) electrons. The van der Waals surface area contributed by atoms with E-state index in [1.54, 1.807) is 0 Å². The van der Waals surface area contributed by atoms with E-state index in [0.29, 0.717) is 12.1 Å². The van der Waals surface area contributed by atoms with Crippen LogP contribution in [-0.4, -0.2) is 28.7 Å². The Morgan fingerprint density at radius 1 is 1.06 bits per heavy atom. The minimum absolute atomic E-state index is 0.116. The number of aryl methyl sites for hydroxylation is 1. The third-order valence-electron chi connectivity index (χ3n) is 7.10. The Labute approximate surface area is 196 Å². The number of halogens is 1. The standard InChI is InChI=1S/C26H25BrN2O3/c1-2-16-14-19(27)10-11-20(16)28-24(30)21(12-15-6-4-3-5-7-15)29-25(31)22-17-8-9-18(13-17)23(22)26(29)32/h3-11,14,17-18,21-23H,2,12-13H2,1H3,(H,28,30). The molecule has 5 unspecified atom stereocenters. The van der Waals surface area contributed by atoms with Crippen LogP contribution < -0.4 is 5.32 Å². The monoisotopic (exact) mass is 492 g/mol. The maximum Gasteiger partial charge on any atom is 0.248 e. The Kier molecular flexibility index (Phi) is 5.49. The average molecular weight is 493 g/mol. The van der Waals surface area contributed by atoms with Crippen molar-refractivity contribution >= 4 is 39.3 Å². The van der Waals surface area contributed by atoms with E-state index < -0.39 is 6.04 Å². The number of fused-ring (bicyclic) bond motifs is 5. The first-order chi connectivity index (χ1) is 15.5. The van der Waals surface area contributed by atoms with Gasteiger partial charge in [0.25, 0.3) is 0 Å². The molecule has 2 aromatic rings. The van der Waals surface area contributed by atoms with Crippen LogP contribution >= 0.6 is 15.9 Å². The fourth-order valence-electron chi connectivity index (χ4n) is 5.56. The Hall–Kier alpha value is -2.73. The molecule has 1 N–H and O–H groups in total. The molecule has 2 aromatic carbocycles. The maximum absolute atomic E-state index is 13.6. The zero-order valence-corrected chi connectivity index (χ0v) is 19.4. The second-order valence-corrected chi connectivity index (χ2v) is 9.81. The van der Waals surface area contributed by atoms with E-state index in [1.807, 2.05) is 55.5 Å². The van der Waals surface area contributed by atoms with Gasteiger partial charge in [0.15, 0.2) is 0 Å². The molecule has 3 amide bonds. The minimum Gasteiger partial charge on any atom is -0.324 e. The van der Waals surface area contributed by atoms with E-state index in [4.69, 9.17) is 0 Å². The molecule has 3 aliphatic rings. The molecular formula is C26H25BrN2O3. The molecule has 1 saturated heterocycles. The molecule has 2 aliphatic carbocycles. The zero-order valence-electron chi connectivity index (χ0n) is 17.8. The Bertz CT molecular complexity index is 1080. The summed E-state index contributed by atoms with van der Waals surface area (Å²) >= 11 is 3.47. The Morgan fingerprint density at radius 2 is 1.72 bits per heavy atom. The van der Waals surface area contributed by atoms with Crippen LogP contribution in [0.15, 0.2) is 65.2 Å². The van der Waals surface area contributed by atoms with E-state index in [9.17, 15) is 14.4 Å². The fraction of sp³-hybridized carbons (Fsp3) is 0.346. The van der Waals surface area contributed by atoms with Crippen LogP contribution in [0.2, 0.25) is 0 Å². The number of nitrogens with zero attached hydrogens (tertiary/aromatic N) is 1. The molecule has 0 spiro atoms. The van der Waals surface area contributed by atoms with Crippen molar-refractivity contribution < 1.29 is 14.4 Å². The van der Waals surface area contributed by atoms with Gasteiger partial charge in [-0.15, -0.1) is 0 Å². The second kappa shape index (κ2) is 8.32. The van der Waals surface area contributed by atoms with Gasteiger partial charge in [-0.2, -0.15) is 0 Å². The first-order valence-electron chi connectivity index (χ1n) is 11.2. The van der Waals surface area contributed by atoms with Crippen molar-refractivity contribution in [2.45, 2.75) is 32.2 Å². The van der Waals surface area contributed by atoms with Crippen LogP contribution in [0.25, 0.3) is 0 Å². The lowest BCUT2D eigenvalue weighted by molar-refractivity contribution is -0.147. The third kappa shape index (κ3) is 3.51. The van der Waals surface area contributed by atoms with Gasteiger partial charge < -0.3 is 5.32 Å². The van der Waals surface area contributed by atoms with E-state index in [2.05, 4.69) is 33.4 Å². The Morgan fingerprint density at radius 3 is 2.34 bits per heavy atom.